The maximum Gasteiger partial charge on any atom is 0.393 e. The Bertz CT molecular complexity index is 779. The van der Waals surface area contributed by atoms with Crippen molar-refractivity contribution in [2.45, 2.75) is 58.2 Å². The van der Waals surface area contributed by atoms with Gasteiger partial charge in [-0.3, -0.25) is 0 Å². The quantitative estimate of drug-likeness (QED) is 0.643. The van der Waals surface area contributed by atoms with E-state index in [1.807, 2.05) is 12.1 Å². The summed E-state index contributed by atoms with van der Waals surface area (Å²) in [7, 11) is 0. The van der Waals surface area contributed by atoms with Crippen molar-refractivity contribution in [1.82, 2.24) is 0 Å². The van der Waals surface area contributed by atoms with Crippen molar-refractivity contribution in [2.24, 2.45) is 0 Å². The third kappa shape index (κ3) is 4.76. The van der Waals surface area contributed by atoms with E-state index in [0.717, 1.165) is 42.9 Å². The fourth-order valence-electron chi connectivity index (χ4n) is 3.70. The molecule has 0 fully saturated rings. The summed E-state index contributed by atoms with van der Waals surface area (Å²) >= 11 is 0. The topological polar surface area (TPSA) is 15.3 Å². The maximum atomic E-state index is 12.6. The first-order valence-electron chi connectivity index (χ1n) is 9.52. The van der Waals surface area contributed by atoms with Gasteiger partial charge in [0, 0.05) is 17.8 Å². The molecule has 1 heterocycles. The Balaban J connectivity index is 1.98. The van der Waals surface area contributed by atoms with E-state index in [1.165, 1.54) is 5.56 Å². The van der Waals surface area contributed by atoms with Crippen LogP contribution >= 0.6 is 0 Å². The van der Waals surface area contributed by atoms with E-state index < -0.39 is 12.6 Å². The molecule has 0 atom stereocenters. The van der Waals surface area contributed by atoms with E-state index in [1.54, 1.807) is 12.1 Å². The van der Waals surface area contributed by atoms with Crippen LogP contribution in [-0.4, -0.2) is 18.3 Å². The molecule has 0 saturated carbocycles. The van der Waals surface area contributed by atoms with Gasteiger partial charge >= 0.3 is 6.18 Å². The van der Waals surface area contributed by atoms with Crippen LogP contribution in [0, 0.1) is 0 Å². The summed E-state index contributed by atoms with van der Waals surface area (Å²) in [6, 6.07) is 13.1. The SMILES string of the molecule is CCCCc1cccc2c1N(c1ccc(CC(F)(F)F)cc1)CC(C)(C)N2. The second kappa shape index (κ2) is 7.45. The van der Waals surface area contributed by atoms with E-state index in [4.69, 9.17) is 0 Å². The van der Waals surface area contributed by atoms with Gasteiger partial charge in [-0.25, -0.2) is 0 Å². The van der Waals surface area contributed by atoms with Crippen molar-refractivity contribution in [1.29, 1.82) is 0 Å². The lowest BCUT2D eigenvalue weighted by Crippen LogP contribution is -2.47. The number of fused-ring (bicyclic) bond motifs is 1. The molecule has 5 heteroatoms. The van der Waals surface area contributed by atoms with Gasteiger partial charge < -0.3 is 10.2 Å². The molecule has 0 bridgehead atoms. The summed E-state index contributed by atoms with van der Waals surface area (Å²) in [6.45, 7) is 7.20. The number of unbranched alkanes of at least 4 members (excludes halogenated alkanes) is 1. The van der Waals surface area contributed by atoms with Crippen LogP contribution in [0.5, 0.6) is 0 Å². The van der Waals surface area contributed by atoms with Crippen molar-refractivity contribution in [2.75, 3.05) is 16.8 Å². The number of halogens is 3. The van der Waals surface area contributed by atoms with Crippen LogP contribution in [0.4, 0.5) is 30.2 Å². The molecule has 0 aliphatic carbocycles. The van der Waals surface area contributed by atoms with Gasteiger partial charge in [-0.1, -0.05) is 37.6 Å². The Hall–Kier alpha value is -2.17. The Morgan fingerprint density at radius 2 is 1.78 bits per heavy atom. The van der Waals surface area contributed by atoms with E-state index in [0.29, 0.717) is 5.56 Å². The van der Waals surface area contributed by atoms with Crippen LogP contribution in [0.25, 0.3) is 0 Å². The molecule has 0 spiro atoms. The zero-order chi connectivity index (χ0) is 19.7. The minimum absolute atomic E-state index is 0.138. The Labute approximate surface area is 159 Å². The third-order valence-electron chi connectivity index (χ3n) is 4.87. The Morgan fingerprint density at radius 1 is 1.07 bits per heavy atom. The third-order valence-corrected chi connectivity index (χ3v) is 4.87. The summed E-state index contributed by atoms with van der Waals surface area (Å²) in [5.74, 6) is 0. The molecule has 2 aromatic carbocycles. The van der Waals surface area contributed by atoms with E-state index in [9.17, 15) is 13.2 Å². The van der Waals surface area contributed by atoms with Crippen LogP contribution in [-0.2, 0) is 12.8 Å². The van der Waals surface area contributed by atoms with Crippen molar-refractivity contribution in [3.63, 3.8) is 0 Å². The van der Waals surface area contributed by atoms with Gasteiger partial charge in [-0.2, -0.15) is 13.2 Å². The van der Waals surface area contributed by atoms with Crippen molar-refractivity contribution < 1.29 is 13.2 Å². The molecule has 0 saturated heterocycles. The highest BCUT2D eigenvalue weighted by Gasteiger charge is 2.32. The maximum absolute atomic E-state index is 12.6. The highest BCUT2D eigenvalue weighted by atomic mass is 19.4. The largest absolute Gasteiger partial charge is 0.393 e. The normalized spacial score (nSPS) is 16.0. The number of aryl methyl sites for hydroxylation is 1. The van der Waals surface area contributed by atoms with Crippen LogP contribution in [0.2, 0.25) is 0 Å². The van der Waals surface area contributed by atoms with Crippen LogP contribution in [0.3, 0.4) is 0 Å². The predicted molar refractivity (Wildman–Crippen MR) is 106 cm³/mol. The lowest BCUT2D eigenvalue weighted by molar-refractivity contribution is -0.127. The minimum atomic E-state index is -4.18. The second-order valence-corrected chi connectivity index (χ2v) is 7.97. The fraction of sp³-hybridized carbons (Fsp3) is 0.455. The number of rotatable bonds is 5. The van der Waals surface area contributed by atoms with Crippen LogP contribution in [0.1, 0.15) is 44.7 Å². The van der Waals surface area contributed by atoms with Crippen LogP contribution in [0.15, 0.2) is 42.5 Å². The number of hydrogen-bond acceptors (Lipinski definition) is 2. The highest BCUT2D eigenvalue weighted by molar-refractivity contribution is 5.82. The van der Waals surface area contributed by atoms with Gasteiger partial charge in [-0.15, -0.1) is 0 Å². The Kier molecular flexibility index (Phi) is 5.41. The molecule has 27 heavy (non-hydrogen) atoms. The van der Waals surface area contributed by atoms with Gasteiger partial charge in [-0.05, 0) is 56.0 Å². The van der Waals surface area contributed by atoms with Crippen molar-refractivity contribution in [3.05, 3.63) is 53.6 Å². The summed E-state index contributed by atoms with van der Waals surface area (Å²) in [4.78, 5) is 2.24. The highest BCUT2D eigenvalue weighted by Crippen LogP contribution is 2.42. The summed E-state index contributed by atoms with van der Waals surface area (Å²) in [6.07, 6.45) is -1.85. The number of anilines is 3. The number of alkyl halides is 3. The summed E-state index contributed by atoms with van der Waals surface area (Å²) in [5.41, 5.74) is 4.59. The number of benzene rings is 2. The lowest BCUT2D eigenvalue weighted by Gasteiger charge is -2.43. The van der Waals surface area contributed by atoms with Gasteiger partial charge in [0.05, 0.1) is 17.8 Å². The van der Waals surface area contributed by atoms with Gasteiger partial charge in [0.15, 0.2) is 0 Å². The predicted octanol–water partition coefficient (Wildman–Crippen LogP) is 6.48. The summed E-state index contributed by atoms with van der Waals surface area (Å²) < 4.78 is 37.9. The molecule has 2 aromatic rings. The monoisotopic (exact) mass is 376 g/mol. The van der Waals surface area contributed by atoms with E-state index in [2.05, 4.69) is 49.2 Å². The van der Waals surface area contributed by atoms with Crippen LogP contribution < -0.4 is 10.2 Å². The molecule has 1 N–H and O–H groups in total. The van der Waals surface area contributed by atoms with E-state index >= 15 is 0 Å². The molecule has 0 radical (unpaired) electrons. The number of nitrogens with zero attached hydrogens (tertiary/aromatic N) is 1. The zero-order valence-corrected chi connectivity index (χ0v) is 16.2. The molecule has 146 valence electrons. The van der Waals surface area contributed by atoms with Crippen molar-refractivity contribution in [3.8, 4) is 0 Å². The van der Waals surface area contributed by atoms with Gasteiger partial charge in [0.25, 0.3) is 0 Å². The molecule has 3 rings (SSSR count). The standard InChI is InChI=1S/C22H27F3N2/c1-4-5-7-17-8-6-9-19-20(17)27(15-21(2,3)26-19)18-12-10-16(11-13-18)14-22(23,24)25/h6,8-13,26H,4-5,7,14-15H2,1-3H3. The average molecular weight is 376 g/mol. The smallest absolute Gasteiger partial charge is 0.377 e. The molecule has 0 amide bonds. The number of para-hydroxylation sites is 1. The molecular formula is C22H27F3N2. The molecule has 1 aliphatic heterocycles. The first-order chi connectivity index (χ1) is 12.7. The van der Waals surface area contributed by atoms with E-state index in [-0.39, 0.29) is 5.54 Å². The summed E-state index contributed by atoms with van der Waals surface area (Å²) in [5, 5.41) is 3.60. The minimum Gasteiger partial charge on any atom is -0.377 e. The van der Waals surface area contributed by atoms with Gasteiger partial charge in [0.2, 0.25) is 0 Å². The zero-order valence-electron chi connectivity index (χ0n) is 16.2. The molecule has 1 aliphatic rings. The first kappa shape index (κ1) is 19.6. The molecular weight excluding hydrogens is 349 g/mol. The van der Waals surface area contributed by atoms with Gasteiger partial charge in [0.1, 0.15) is 0 Å². The number of nitrogens with one attached hydrogen (secondary N) is 1. The first-order valence-corrected chi connectivity index (χ1v) is 9.52. The van der Waals surface area contributed by atoms with Crippen molar-refractivity contribution >= 4 is 17.1 Å². The molecule has 0 unspecified atom stereocenters. The second-order valence-electron chi connectivity index (χ2n) is 7.97. The number of hydrogen-bond donors (Lipinski definition) is 1. The molecule has 2 nitrogen and oxygen atoms in total. The Morgan fingerprint density at radius 3 is 2.41 bits per heavy atom. The fourth-order valence-corrected chi connectivity index (χ4v) is 3.70. The molecule has 0 aromatic heterocycles. The average Bonchev–Trinajstić information content (AvgIpc) is 2.57. The lowest BCUT2D eigenvalue weighted by atomic mass is 9.94.